The van der Waals surface area contributed by atoms with Gasteiger partial charge in [0.2, 0.25) is 5.91 Å². The molecule has 2 amide bonds. The van der Waals surface area contributed by atoms with Crippen LogP contribution in [0.1, 0.15) is 39.5 Å². The van der Waals surface area contributed by atoms with Crippen LogP contribution in [0.25, 0.3) is 0 Å². The van der Waals surface area contributed by atoms with Crippen LogP contribution in [-0.2, 0) is 11.2 Å². The molecule has 1 N–H and O–H groups in total. The number of carbonyl (C=O) groups is 2. The molecule has 0 saturated carbocycles. The lowest BCUT2D eigenvalue weighted by atomic mass is 10.0. The van der Waals surface area contributed by atoms with E-state index in [2.05, 4.69) is 41.4 Å². The Kier molecular flexibility index (Phi) is 7.76. The summed E-state index contributed by atoms with van der Waals surface area (Å²) in [5, 5.41) is 3.05. The maximum atomic E-state index is 12.3. The van der Waals surface area contributed by atoms with Gasteiger partial charge in [-0.2, -0.15) is 0 Å². The Morgan fingerprint density at radius 1 is 0.929 bits per heavy atom. The van der Waals surface area contributed by atoms with Crippen LogP contribution in [0.2, 0.25) is 0 Å². The molecule has 28 heavy (non-hydrogen) atoms. The topological polar surface area (TPSA) is 52.7 Å². The van der Waals surface area contributed by atoms with Crippen molar-refractivity contribution >= 4 is 11.8 Å². The van der Waals surface area contributed by atoms with Gasteiger partial charge in [-0.1, -0.05) is 42.0 Å². The molecular formula is C23H31N3O2. The first kappa shape index (κ1) is 21.6. The van der Waals surface area contributed by atoms with Gasteiger partial charge in [-0.05, 0) is 50.7 Å². The molecule has 1 unspecified atom stereocenters. The monoisotopic (exact) mass is 381 g/mol. The van der Waals surface area contributed by atoms with Crippen molar-refractivity contribution in [2.45, 2.75) is 25.8 Å². The number of rotatable bonds is 8. The fourth-order valence-corrected chi connectivity index (χ4v) is 3.02. The van der Waals surface area contributed by atoms with Gasteiger partial charge in [-0.3, -0.25) is 9.59 Å². The van der Waals surface area contributed by atoms with Crippen molar-refractivity contribution in [1.29, 1.82) is 0 Å². The van der Waals surface area contributed by atoms with Gasteiger partial charge in [0.1, 0.15) is 0 Å². The molecule has 0 bridgehead atoms. The molecule has 0 aliphatic rings. The van der Waals surface area contributed by atoms with Gasteiger partial charge in [-0.25, -0.2) is 0 Å². The highest BCUT2D eigenvalue weighted by atomic mass is 16.2. The van der Waals surface area contributed by atoms with Crippen molar-refractivity contribution in [2.75, 3.05) is 34.7 Å². The number of nitrogens with one attached hydrogen (secondary N) is 1. The Hall–Kier alpha value is -2.66. The second kappa shape index (κ2) is 10.0. The molecule has 0 aromatic heterocycles. The number of hydrogen-bond donors (Lipinski definition) is 1. The molecule has 0 aliphatic carbocycles. The van der Waals surface area contributed by atoms with E-state index in [1.54, 1.807) is 19.0 Å². The standard InChI is InChI=1S/C23H31N3O2/c1-17-6-11-19(12-7-17)21(25(2)3)16-24-22(27)15-10-18-8-13-20(14-9-18)23(28)26(4)5/h6-9,11-14,21H,10,15-16H2,1-5H3,(H,24,27). The first-order valence-electron chi connectivity index (χ1n) is 9.58. The molecular weight excluding hydrogens is 350 g/mol. The van der Waals surface area contributed by atoms with Crippen molar-refractivity contribution in [3.63, 3.8) is 0 Å². The summed E-state index contributed by atoms with van der Waals surface area (Å²) in [7, 11) is 7.51. The number of likely N-dealkylation sites (N-methyl/N-ethyl adjacent to an activating group) is 1. The maximum absolute atomic E-state index is 12.3. The number of benzene rings is 2. The van der Waals surface area contributed by atoms with Crippen LogP contribution in [0.4, 0.5) is 0 Å². The lowest BCUT2D eigenvalue weighted by molar-refractivity contribution is -0.121. The summed E-state index contributed by atoms with van der Waals surface area (Å²) >= 11 is 0. The van der Waals surface area contributed by atoms with Crippen LogP contribution in [0.3, 0.4) is 0 Å². The van der Waals surface area contributed by atoms with E-state index in [1.807, 2.05) is 38.4 Å². The molecule has 0 heterocycles. The zero-order valence-electron chi connectivity index (χ0n) is 17.5. The van der Waals surface area contributed by atoms with Crippen LogP contribution in [0.15, 0.2) is 48.5 Å². The number of aryl methyl sites for hydroxylation is 2. The number of nitrogens with zero attached hydrogens (tertiary/aromatic N) is 2. The van der Waals surface area contributed by atoms with E-state index in [9.17, 15) is 9.59 Å². The highest BCUT2D eigenvalue weighted by Gasteiger charge is 2.15. The van der Waals surface area contributed by atoms with Crippen LogP contribution in [0, 0.1) is 6.92 Å². The fourth-order valence-electron chi connectivity index (χ4n) is 3.02. The molecule has 1 atom stereocenters. The van der Waals surface area contributed by atoms with Crippen molar-refractivity contribution < 1.29 is 9.59 Å². The van der Waals surface area contributed by atoms with E-state index in [0.29, 0.717) is 24.9 Å². The molecule has 2 rings (SSSR count). The minimum atomic E-state index is -0.0184. The minimum absolute atomic E-state index is 0.0184. The predicted molar refractivity (Wildman–Crippen MR) is 113 cm³/mol. The Morgan fingerprint density at radius 3 is 2.07 bits per heavy atom. The second-order valence-electron chi connectivity index (χ2n) is 7.59. The van der Waals surface area contributed by atoms with Gasteiger partial charge < -0.3 is 15.1 Å². The molecule has 2 aromatic carbocycles. The predicted octanol–water partition coefficient (Wildman–Crippen LogP) is 3.05. The number of hydrogen-bond acceptors (Lipinski definition) is 3. The van der Waals surface area contributed by atoms with Crippen molar-refractivity contribution in [1.82, 2.24) is 15.1 Å². The molecule has 5 heteroatoms. The average molecular weight is 382 g/mol. The smallest absolute Gasteiger partial charge is 0.253 e. The molecule has 5 nitrogen and oxygen atoms in total. The fraction of sp³-hybridized carbons (Fsp3) is 0.391. The lowest BCUT2D eigenvalue weighted by Gasteiger charge is -2.25. The van der Waals surface area contributed by atoms with E-state index >= 15 is 0 Å². The van der Waals surface area contributed by atoms with Gasteiger partial charge in [-0.15, -0.1) is 0 Å². The van der Waals surface area contributed by atoms with Gasteiger partial charge >= 0.3 is 0 Å². The number of amides is 2. The quantitative estimate of drug-likeness (QED) is 0.765. The summed E-state index contributed by atoms with van der Waals surface area (Å²) in [4.78, 5) is 27.9. The van der Waals surface area contributed by atoms with Crippen LogP contribution in [-0.4, -0.2) is 56.3 Å². The summed E-state index contributed by atoms with van der Waals surface area (Å²) in [6.45, 7) is 2.64. The van der Waals surface area contributed by atoms with Gasteiger partial charge in [0.25, 0.3) is 5.91 Å². The van der Waals surface area contributed by atoms with Crippen LogP contribution < -0.4 is 5.32 Å². The van der Waals surface area contributed by atoms with Crippen molar-refractivity contribution in [3.8, 4) is 0 Å². The van der Waals surface area contributed by atoms with Crippen LogP contribution in [0.5, 0.6) is 0 Å². The van der Waals surface area contributed by atoms with Crippen molar-refractivity contribution in [3.05, 3.63) is 70.8 Å². The summed E-state index contributed by atoms with van der Waals surface area (Å²) in [5.41, 5.74) is 4.12. The largest absolute Gasteiger partial charge is 0.354 e. The highest BCUT2D eigenvalue weighted by Crippen LogP contribution is 2.18. The third-order valence-electron chi connectivity index (χ3n) is 4.83. The first-order valence-corrected chi connectivity index (χ1v) is 9.58. The van der Waals surface area contributed by atoms with Crippen molar-refractivity contribution in [2.24, 2.45) is 0 Å². The van der Waals surface area contributed by atoms with E-state index in [0.717, 1.165) is 5.56 Å². The third-order valence-corrected chi connectivity index (χ3v) is 4.83. The summed E-state index contributed by atoms with van der Waals surface area (Å²) in [6, 6.07) is 16.0. The SMILES string of the molecule is Cc1ccc(C(CNC(=O)CCc2ccc(C(=O)N(C)C)cc2)N(C)C)cc1. The van der Waals surface area contributed by atoms with E-state index in [1.165, 1.54) is 11.1 Å². The molecule has 0 aliphatic heterocycles. The molecule has 0 fully saturated rings. The minimum Gasteiger partial charge on any atom is -0.354 e. The van der Waals surface area contributed by atoms with Gasteiger partial charge in [0.05, 0.1) is 6.04 Å². The normalized spacial score (nSPS) is 11.9. The Labute approximate surface area is 168 Å². The van der Waals surface area contributed by atoms with Gasteiger partial charge in [0, 0.05) is 32.6 Å². The maximum Gasteiger partial charge on any atom is 0.253 e. The number of carbonyl (C=O) groups excluding carboxylic acids is 2. The summed E-state index contributed by atoms with van der Waals surface area (Å²) in [5.74, 6) is 0.0162. The zero-order valence-corrected chi connectivity index (χ0v) is 17.5. The van der Waals surface area contributed by atoms with E-state index < -0.39 is 0 Å². The molecule has 0 radical (unpaired) electrons. The summed E-state index contributed by atoms with van der Waals surface area (Å²) < 4.78 is 0. The Morgan fingerprint density at radius 2 is 1.54 bits per heavy atom. The molecule has 0 spiro atoms. The van der Waals surface area contributed by atoms with E-state index in [4.69, 9.17) is 0 Å². The lowest BCUT2D eigenvalue weighted by Crippen LogP contribution is -2.34. The molecule has 2 aromatic rings. The molecule has 0 saturated heterocycles. The summed E-state index contributed by atoms with van der Waals surface area (Å²) in [6.07, 6.45) is 1.08. The second-order valence-corrected chi connectivity index (χ2v) is 7.59. The van der Waals surface area contributed by atoms with Gasteiger partial charge in [0.15, 0.2) is 0 Å². The van der Waals surface area contributed by atoms with E-state index in [-0.39, 0.29) is 17.9 Å². The Bertz CT molecular complexity index is 780. The van der Waals surface area contributed by atoms with Crippen LogP contribution >= 0.6 is 0 Å². The zero-order chi connectivity index (χ0) is 20.7. The first-order chi connectivity index (χ1) is 13.3. The highest BCUT2D eigenvalue weighted by molar-refractivity contribution is 5.93. The average Bonchev–Trinajstić information content (AvgIpc) is 2.67. The Balaban J connectivity index is 1.86. The third kappa shape index (κ3) is 6.20. The molecule has 150 valence electrons.